The van der Waals surface area contributed by atoms with E-state index >= 15 is 0 Å². The van der Waals surface area contributed by atoms with Crippen molar-refractivity contribution >= 4 is 0 Å². The molecular formula is C23H44O2. The van der Waals surface area contributed by atoms with Crippen molar-refractivity contribution in [3.8, 4) is 0 Å². The van der Waals surface area contributed by atoms with Gasteiger partial charge in [0.2, 0.25) is 0 Å². The number of ether oxygens (including phenoxy) is 2. The molecule has 2 saturated carbocycles. The van der Waals surface area contributed by atoms with Gasteiger partial charge in [0.1, 0.15) is 0 Å². The van der Waals surface area contributed by atoms with Gasteiger partial charge in [-0.25, -0.2) is 0 Å². The molecule has 6 unspecified atom stereocenters. The van der Waals surface area contributed by atoms with E-state index < -0.39 is 5.79 Å². The van der Waals surface area contributed by atoms with Crippen LogP contribution >= 0.6 is 0 Å². The van der Waals surface area contributed by atoms with Crippen LogP contribution in [0, 0.1) is 47.3 Å². The van der Waals surface area contributed by atoms with Gasteiger partial charge in [0.15, 0.2) is 5.79 Å². The summed E-state index contributed by atoms with van der Waals surface area (Å²) in [6.45, 7) is 14.4. The Bertz CT molecular complexity index is 365. The molecule has 0 bridgehead atoms. The molecule has 2 aliphatic carbocycles. The minimum Gasteiger partial charge on any atom is -0.353 e. The van der Waals surface area contributed by atoms with Gasteiger partial charge in [-0.15, -0.1) is 0 Å². The normalized spacial score (nSPS) is 37.7. The third-order valence-corrected chi connectivity index (χ3v) is 7.72. The number of hydrogen-bond acceptors (Lipinski definition) is 2. The third-order valence-electron chi connectivity index (χ3n) is 7.72. The van der Waals surface area contributed by atoms with Crippen LogP contribution in [0.3, 0.4) is 0 Å². The Morgan fingerprint density at radius 3 is 1.32 bits per heavy atom. The summed E-state index contributed by atoms with van der Waals surface area (Å²) in [6, 6.07) is 0. The maximum absolute atomic E-state index is 6.40. The summed E-state index contributed by atoms with van der Waals surface area (Å²) in [4.78, 5) is 0. The summed E-state index contributed by atoms with van der Waals surface area (Å²) < 4.78 is 12.8. The molecule has 0 aromatic carbocycles. The summed E-state index contributed by atoms with van der Waals surface area (Å²) in [6.07, 6.45) is 7.87. The minimum absolute atomic E-state index is 0.409. The first-order chi connectivity index (χ1) is 11.8. The first-order valence-electron chi connectivity index (χ1n) is 10.9. The Kier molecular flexibility index (Phi) is 7.42. The molecule has 2 rings (SSSR count). The first kappa shape index (κ1) is 21.2. The van der Waals surface area contributed by atoms with E-state index in [0.29, 0.717) is 35.5 Å². The van der Waals surface area contributed by atoms with Gasteiger partial charge in [0.25, 0.3) is 0 Å². The molecule has 2 nitrogen and oxygen atoms in total. The SMILES string of the molecule is COC(OC)(C1CC(C)CCC1C(C)C)C1CC(C)CCC1C(C)C. The second-order valence-corrected chi connectivity index (χ2v) is 9.99. The number of methoxy groups -OCH3 is 2. The van der Waals surface area contributed by atoms with Crippen molar-refractivity contribution in [2.24, 2.45) is 47.3 Å². The fourth-order valence-electron chi connectivity index (χ4n) is 6.29. The lowest BCUT2D eigenvalue weighted by atomic mass is 9.58. The zero-order chi connectivity index (χ0) is 18.8. The van der Waals surface area contributed by atoms with Gasteiger partial charge in [0.05, 0.1) is 0 Å². The van der Waals surface area contributed by atoms with Crippen LogP contribution < -0.4 is 0 Å². The number of rotatable bonds is 6. The van der Waals surface area contributed by atoms with E-state index in [-0.39, 0.29) is 0 Å². The molecule has 25 heavy (non-hydrogen) atoms. The lowest BCUT2D eigenvalue weighted by molar-refractivity contribution is -0.306. The Balaban J connectivity index is 2.43. The van der Waals surface area contributed by atoms with Crippen LogP contribution in [0.4, 0.5) is 0 Å². The van der Waals surface area contributed by atoms with Gasteiger partial charge in [-0.1, -0.05) is 54.4 Å². The molecule has 2 heteroatoms. The second kappa shape index (κ2) is 8.74. The van der Waals surface area contributed by atoms with Gasteiger partial charge in [0, 0.05) is 26.1 Å². The van der Waals surface area contributed by atoms with Crippen LogP contribution in [-0.4, -0.2) is 20.0 Å². The highest BCUT2D eigenvalue weighted by atomic mass is 16.7. The molecule has 0 radical (unpaired) electrons. The lowest BCUT2D eigenvalue weighted by Gasteiger charge is -2.55. The average molecular weight is 353 g/mol. The van der Waals surface area contributed by atoms with Crippen molar-refractivity contribution in [2.45, 2.75) is 85.9 Å². The van der Waals surface area contributed by atoms with Crippen molar-refractivity contribution in [1.82, 2.24) is 0 Å². The maximum atomic E-state index is 6.40. The molecule has 6 atom stereocenters. The monoisotopic (exact) mass is 352 g/mol. The van der Waals surface area contributed by atoms with E-state index in [4.69, 9.17) is 9.47 Å². The van der Waals surface area contributed by atoms with Gasteiger partial charge >= 0.3 is 0 Å². The zero-order valence-corrected chi connectivity index (χ0v) is 18.2. The summed E-state index contributed by atoms with van der Waals surface area (Å²) in [7, 11) is 3.83. The Labute approximate surface area is 157 Å². The Hall–Kier alpha value is -0.0800. The van der Waals surface area contributed by atoms with Crippen molar-refractivity contribution in [2.75, 3.05) is 14.2 Å². The van der Waals surface area contributed by atoms with E-state index in [9.17, 15) is 0 Å². The Morgan fingerprint density at radius 2 is 1.04 bits per heavy atom. The van der Waals surface area contributed by atoms with E-state index in [1.165, 1.54) is 38.5 Å². The van der Waals surface area contributed by atoms with Crippen molar-refractivity contribution < 1.29 is 9.47 Å². The lowest BCUT2D eigenvalue weighted by Crippen LogP contribution is -2.57. The molecule has 0 N–H and O–H groups in total. The predicted octanol–water partition coefficient (Wildman–Crippen LogP) is 6.39. The van der Waals surface area contributed by atoms with Crippen LogP contribution in [0.5, 0.6) is 0 Å². The predicted molar refractivity (Wildman–Crippen MR) is 106 cm³/mol. The molecule has 2 aliphatic rings. The van der Waals surface area contributed by atoms with Gasteiger partial charge in [-0.3, -0.25) is 0 Å². The van der Waals surface area contributed by atoms with Gasteiger partial charge in [-0.05, 0) is 61.2 Å². The average Bonchev–Trinajstić information content (AvgIpc) is 2.56. The smallest absolute Gasteiger partial charge is 0.173 e. The molecule has 0 spiro atoms. The summed E-state index contributed by atoms with van der Waals surface area (Å²) in [5.41, 5.74) is 0. The summed E-state index contributed by atoms with van der Waals surface area (Å²) in [5.74, 6) is 4.99. The molecule has 0 aromatic rings. The van der Waals surface area contributed by atoms with E-state index in [2.05, 4.69) is 41.5 Å². The number of hydrogen-bond donors (Lipinski definition) is 0. The third kappa shape index (κ3) is 4.26. The van der Waals surface area contributed by atoms with Gasteiger partial charge in [-0.2, -0.15) is 0 Å². The largest absolute Gasteiger partial charge is 0.353 e. The van der Waals surface area contributed by atoms with E-state index in [1.54, 1.807) is 0 Å². The topological polar surface area (TPSA) is 18.5 Å². The van der Waals surface area contributed by atoms with Crippen molar-refractivity contribution in [3.63, 3.8) is 0 Å². The first-order valence-corrected chi connectivity index (χ1v) is 10.9. The molecule has 0 amide bonds. The molecule has 0 aromatic heterocycles. The molecule has 2 fully saturated rings. The molecule has 0 saturated heterocycles. The quantitative estimate of drug-likeness (QED) is 0.515. The van der Waals surface area contributed by atoms with E-state index in [0.717, 1.165) is 11.8 Å². The highest BCUT2D eigenvalue weighted by molar-refractivity contribution is 4.98. The maximum Gasteiger partial charge on any atom is 0.173 e. The van der Waals surface area contributed by atoms with Crippen LogP contribution in [0.1, 0.15) is 80.1 Å². The summed E-state index contributed by atoms with van der Waals surface area (Å²) in [5, 5.41) is 0. The highest BCUT2D eigenvalue weighted by Crippen LogP contribution is 2.53. The van der Waals surface area contributed by atoms with E-state index in [1.807, 2.05) is 14.2 Å². The van der Waals surface area contributed by atoms with Crippen molar-refractivity contribution in [1.29, 1.82) is 0 Å². The van der Waals surface area contributed by atoms with Gasteiger partial charge < -0.3 is 9.47 Å². The van der Waals surface area contributed by atoms with Crippen LogP contribution in [0.2, 0.25) is 0 Å². The Morgan fingerprint density at radius 1 is 0.680 bits per heavy atom. The molecule has 0 aliphatic heterocycles. The van der Waals surface area contributed by atoms with Crippen LogP contribution in [-0.2, 0) is 9.47 Å². The second-order valence-electron chi connectivity index (χ2n) is 9.99. The molecule has 148 valence electrons. The zero-order valence-electron chi connectivity index (χ0n) is 18.2. The molecule has 0 heterocycles. The minimum atomic E-state index is -0.409. The van der Waals surface area contributed by atoms with Crippen LogP contribution in [0.25, 0.3) is 0 Å². The molecular weight excluding hydrogens is 308 g/mol. The van der Waals surface area contributed by atoms with Crippen LogP contribution in [0.15, 0.2) is 0 Å². The highest BCUT2D eigenvalue weighted by Gasteiger charge is 2.54. The summed E-state index contributed by atoms with van der Waals surface area (Å²) >= 11 is 0. The van der Waals surface area contributed by atoms with Crippen molar-refractivity contribution in [3.05, 3.63) is 0 Å². The fourth-order valence-corrected chi connectivity index (χ4v) is 6.29. The fraction of sp³-hybridized carbons (Fsp3) is 1.00. The standard InChI is InChI=1S/C23H44O2/c1-15(2)19-11-9-17(5)13-21(19)23(24-7,25-8)22-14-18(6)10-12-20(22)16(3)4/h15-22H,9-14H2,1-8H3.